The van der Waals surface area contributed by atoms with Gasteiger partial charge in [-0.1, -0.05) is 37.1 Å². The molecule has 19 heavy (non-hydrogen) atoms. The van der Waals surface area contributed by atoms with Crippen molar-refractivity contribution in [1.29, 1.82) is 0 Å². The third-order valence-corrected chi connectivity index (χ3v) is 4.55. The highest BCUT2D eigenvalue weighted by Gasteiger charge is 2.25. The van der Waals surface area contributed by atoms with Crippen molar-refractivity contribution < 1.29 is 9.53 Å². The van der Waals surface area contributed by atoms with Crippen molar-refractivity contribution in [2.75, 3.05) is 6.61 Å². The maximum atomic E-state index is 12.1. The first kappa shape index (κ1) is 12.9. The number of hydrogen-bond donors (Lipinski definition) is 0. The molecule has 2 aliphatic rings. The average molecular weight is 258 g/mol. The van der Waals surface area contributed by atoms with Gasteiger partial charge in [0.1, 0.15) is 6.61 Å². The van der Waals surface area contributed by atoms with Gasteiger partial charge in [-0.3, -0.25) is 4.79 Å². The molecular formula is C17H22O2. The molecule has 1 saturated carbocycles. The molecule has 1 unspecified atom stereocenters. The highest BCUT2D eigenvalue weighted by atomic mass is 16.5. The van der Waals surface area contributed by atoms with Crippen LogP contribution >= 0.6 is 0 Å². The number of carbonyl (C=O) groups excluding carboxylic acids is 1. The third-order valence-electron chi connectivity index (χ3n) is 4.55. The largest absolute Gasteiger partial charge is 0.366 e. The highest BCUT2D eigenvalue weighted by Crippen LogP contribution is 2.33. The van der Waals surface area contributed by atoms with E-state index in [1.807, 2.05) is 0 Å². The number of benzene rings is 1. The van der Waals surface area contributed by atoms with Gasteiger partial charge in [-0.05, 0) is 43.2 Å². The van der Waals surface area contributed by atoms with Gasteiger partial charge < -0.3 is 4.74 Å². The molecule has 1 aromatic rings. The van der Waals surface area contributed by atoms with Crippen molar-refractivity contribution in [2.45, 2.75) is 51.0 Å². The number of hydrogen-bond acceptors (Lipinski definition) is 2. The van der Waals surface area contributed by atoms with Crippen molar-refractivity contribution in [2.24, 2.45) is 5.92 Å². The molecule has 0 radical (unpaired) electrons. The van der Waals surface area contributed by atoms with E-state index in [2.05, 4.69) is 24.3 Å². The first-order valence-corrected chi connectivity index (χ1v) is 7.57. The quantitative estimate of drug-likeness (QED) is 0.820. The molecule has 0 aromatic heterocycles. The number of ether oxygens (including phenoxy) is 1. The lowest BCUT2D eigenvalue weighted by atomic mass is 9.89. The second kappa shape index (κ2) is 5.87. The Bertz CT molecular complexity index is 446. The normalized spacial score (nSPS) is 23.3. The summed E-state index contributed by atoms with van der Waals surface area (Å²) in [5.74, 6) is 0.597. The van der Waals surface area contributed by atoms with Gasteiger partial charge in [-0.15, -0.1) is 0 Å². The zero-order valence-corrected chi connectivity index (χ0v) is 11.4. The summed E-state index contributed by atoms with van der Waals surface area (Å²) >= 11 is 0. The van der Waals surface area contributed by atoms with Crippen molar-refractivity contribution in [3.63, 3.8) is 0 Å². The molecule has 0 N–H and O–H groups in total. The topological polar surface area (TPSA) is 26.3 Å². The standard InChI is InChI=1S/C17H22O2/c18-16(14-7-1-2-8-14)12-19-17-11-5-9-13-6-3-4-10-15(13)17/h3-4,6,10,14,17H,1-2,5,7-9,11-12H2. The molecule has 102 valence electrons. The Morgan fingerprint density at radius 1 is 1.11 bits per heavy atom. The lowest BCUT2D eigenvalue weighted by Gasteiger charge is -2.25. The van der Waals surface area contributed by atoms with E-state index in [0.717, 1.165) is 25.7 Å². The highest BCUT2D eigenvalue weighted by molar-refractivity contribution is 5.82. The summed E-state index contributed by atoms with van der Waals surface area (Å²) in [6.07, 6.45) is 8.06. The van der Waals surface area contributed by atoms with Crippen molar-refractivity contribution in [1.82, 2.24) is 0 Å². The monoisotopic (exact) mass is 258 g/mol. The lowest BCUT2D eigenvalue weighted by Crippen LogP contribution is -2.21. The number of aryl methyl sites for hydroxylation is 1. The minimum atomic E-state index is 0.135. The van der Waals surface area contributed by atoms with E-state index in [-0.39, 0.29) is 12.0 Å². The van der Waals surface area contributed by atoms with Crippen LogP contribution in [0.2, 0.25) is 0 Å². The van der Waals surface area contributed by atoms with Gasteiger partial charge in [0.2, 0.25) is 0 Å². The van der Waals surface area contributed by atoms with E-state index in [4.69, 9.17) is 4.74 Å². The Balaban J connectivity index is 1.60. The molecule has 1 aromatic carbocycles. The predicted octanol–water partition coefficient (Wildman–Crippen LogP) is 3.84. The van der Waals surface area contributed by atoms with Crippen LogP contribution in [0.15, 0.2) is 24.3 Å². The first-order valence-electron chi connectivity index (χ1n) is 7.57. The zero-order chi connectivity index (χ0) is 13.1. The number of ketones is 1. The molecular weight excluding hydrogens is 236 g/mol. The van der Waals surface area contributed by atoms with Gasteiger partial charge in [-0.2, -0.15) is 0 Å². The van der Waals surface area contributed by atoms with Crippen LogP contribution in [0.1, 0.15) is 55.8 Å². The van der Waals surface area contributed by atoms with Gasteiger partial charge in [-0.25, -0.2) is 0 Å². The lowest BCUT2D eigenvalue weighted by molar-refractivity contribution is -0.129. The Hall–Kier alpha value is -1.15. The minimum absolute atomic E-state index is 0.135. The Labute approximate surface area is 115 Å². The fraction of sp³-hybridized carbons (Fsp3) is 0.588. The molecule has 0 amide bonds. The third kappa shape index (κ3) is 2.89. The molecule has 2 nitrogen and oxygen atoms in total. The Kier molecular flexibility index (Phi) is 3.97. The minimum Gasteiger partial charge on any atom is -0.366 e. The van der Waals surface area contributed by atoms with E-state index < -0.39 is 0 Å². The molecule has 0 heterocycles. The number of rotatable bonds is 4. The van der Waals surface area contributed by atoms with Crippen LogP contribution in [0.5, 0.6) is 0 Å². The van der Waals surface area contributed by atoms with Gasteiger partial charge in [0, 0.05) is 5.92 Å². The van der Waals surface area contributed by atoms with Crippen LogP contribution in [0, 0.1) is 5.92 Å². The molecule has 3 rings (SSSR count). The SMILES string of the molecule is O=C(COC1CCCc2ccccc21)C1CCCC1. The summed E-state index contributed by atoms with van der Waals surface area (Å²) in [5.41, 5.74) is 2.69. The smallest absolute Gasteiger partial charge is 0.161 e. The molecule has 0 bridgehead atoms. The van der Waals surface area contributed by atoms with Crippen LogP contribution in [-0.2, 0) is 16.0 Å². The molecule has 0 saturated heterocycles. The number of carbonyl (C=O) groups is 1. The van der Waals surface area contributed by atoms with Crippen LogP contribution in [-0.4, -0.2) is 12.4 Å². The Morgan fingerprint density at radius 3 is 2.74 bits per heavy atom. The van der Waals surface area contributed by atoms with Gasteiger partial charge >= 0.3 is 0 Å². The van der Waals surface area contributed by atoms with Crippen LogP contribution in [0.3, 0.4) is 0 Å². The van der Waals surface area contributed by atoms with E-state index in [1.165, 1.54) is 30.4 Å². The summed E-state index contributed by atoms with van der Waals surface area (Å²) < 4.78 is 5.93. The average Bonchev–Trinajstić information content (AvgIpc) is 2.99. The van der Waals surface area contributed by atoms with Gasteiger partial charge in [0.15, 0.2) is 5.78 Å². The fourth-order valence-corrected chi connectivity index (χ4v) is 3.43. The predicted molar refractivity (Wildman–Crippen MR) is 75.0 cm³/mol. The maximum absolute atomic E-state index is 12.1. The van der Waals surface area contributed by atoms with E-state index in [1.54, 1.807) is 0 Å². The van der Waals surface area contributed by atoms with E-state index in [9.17, 15) is 4.79 Å². The summed E-state index contributed by atoms with van der Waals surface area (Å²) in [7, 11) is 0. The van der Waals surface area contributed by atoms with Gasteiger partial charge in [0.05, 0.1) is 6.10 Å². The van der Waals surface area contributed by atoms with Crippen molar-refractivity contribution in [3.05, 3.63) is 35.4 Å². The number of Topliss-reactive ketones (excluding diaryl/α,β-unsaturated/α-hetero) is 1. The van der Waals surface area contributed by atoms with Crippen LogP contribution < -0.4 is 0 Å². The van der Waals surface area contributed by atoms with Crippen LogP contribution in [0.4, 0.5) is 0 Å². The molecule has 1 fully saturated rings. The van der Waals surface area contributed by atoms with Crippen molar-refractivity contribution >= 4 is 5.78 Å². The summed E-state index contributed by atoms with van der Waals surface area (Å²) in [4.78, 5) is 12.1. The molecule has 0 spiro atoms. The Morgan fingerprint density at radius 2 is 1.89 bits per heavy atom. The zero-order valence-electron chi connectivity index (χ0n) is 11.4. The number of fused-ring (bicyclic) bond motifs is 1. The molecule has 1 atom stereocenters. The van der Waals surface area contributed by atoms with E-state index in [0.29, 0.717) is 12.4 Å². The maximum Gasteiger partial charge on any atom is 0.161 e. The second-order valence-electron chi connectivity index (χ2n) is 5.84. The summed E-state index contributed by atoms with van der Waals surface area (Å²) in [5, 5.41) is 0. The molecule has 2 aliphatic carbocycles. The summed E-state index contributed by atoms with van der Waals surface area (Å²) in [6, 6.07) is 8.49. The van der Waals surface area contributed by atoms with E-state index >= 15 is 0 Å². The second-order valence-corrected chi connectivity index (χ2v) is 5.84. The summed E-state index contributed by atoms with van der Waals surface area (Å²) in [6.45, 7) is 0.309. The first-order chi connectivity index (χ1) is 9.34. The molecule has 0 aliphatic heterocycles. The molecule has 2 heteroatoms. The van der Waals surface area contributed by atoms with Crippen LogP contribution in [0.25, 0.3) is 0 Å². The van der Waals surface area contributed by atoms with Crippen molar-refractivity contribution in [3.8, 4) is 0 Å². The van der Waals surface area contributed by atoms with Gasteiger partial charge in [0.25, 0.3) is 0 Å². The fourth-order valence-electron chi connectivity index (χ4n) is 3.43.